The normalized spacial score (nSPS) is 17.4. The fourth-order valence-corrected chi connectivity index (χ4v) is 4.56. The number of benzene rings is 1. The van der Waals surface area contributed by atoms with E-state index >= 15 is 0 Å². The van der Waals surface area contributed by atoms with Gasteiger partial charge in [-0.15, -0.1) is 0 Å². The molecule has 12 heteroatoms. The van der Waals surface area contributed by atoms with Gasteiger partial charge >= 0.3 is 6.18 Å². The van der Waals surface area contributed by atoms with Gasteiger partial charge < -0.3 is 15.2 Å². The number of thioether (sulfide) groups is 1. The number of hydrogen-bond acceptors (Lipinski definition) is 6. The van der Waals surface area contributed by atoms with Crippen LogP contribution in [0.15, 0.2) is 41.8 Å². The first-order valence-corrected chi connectivity index (χ1v) is 11.7. The molecule has 3 heterocycles. The second kappa shape index (κ2) is 9.14. The van der Waals surface area contributed by atoms with Crippen molar-refractivity contribution in [1.82, 2.24) is 19.9 Å². The lowest BCUT2D eigenvalue weighted by molar-refractivity contribution is -0.180. The number of pyridine rings is 1. The molecule has 0 fully saturated rings. The second-order valence-corrected chi connectivity index (χ2v) is 10.1. The fourth-order valence-electron chi connectivity index (χ4n) is 3.54. The molecule has 1 aliphatic heterocycles. The SMILES string of the molecule is CC(NC(=O)c1cc2c(cn1)ncn2C)C1CN=C(Nc2cc(C(C)(C)C(F)(F)F)ccc2F)S1. The number of aliphatic imine (C=N–C) groups is 1. The van der Waals surface area contributed by atoms with Gasteiger partial charge in [0.15, 0.2) is 5.17 Å². The highest BCUT2D eigenvalue weighted by atomic mass is 32.2. The molecule has 0 bridgehead atoms. The van der Waals surface area contributed by atoms with Gasteiger partial charge in [-0.25, -0.2) is 14.4 Å². The average Bonchev–Trinajstić information content (AvgIpc) is 3.41. The summed E-state index contributed by atoms with van der Waals surface area (Å²) >= 11 is 1.29. The van der Waals surface area contributed by atoms with Crippen molar-refractivity contribution in [3.8, 4) is 0 Å². The summed E-state index contributed by atoms with van der Waals surface area (Å²) in [6.45, 7) is 4.27. The lowest BCUT2D eigenvalue weighted by Crippen LogP contribution is -2.40. The minimum Gasteiger partial charge on any atom is -0.347 e. The Balaban J connectivity index is 1.40. The monoisotopic (exact) mass is 508 g/mol. The van der Waals surface area contributed by atoms with Gasteiger partial charge in [0.05, 0.1) is 40.9 Å². The van der Waals surface area contributed by atoms with Crippen LogP contribution in [0, 0.1) is 5.82 Å². The summed E-state index contributed by atoms with van der Waals surface area (Å²) in [4.78, 5) is 25.4. The van der Waals surface area contributed by atoms with E-state index in [1.54, 1.807) is 17.0 Å². The number of nitrogens with zero attached hydrogens (tertiary/aromatic N) is 4. The summed E-state index contributed by atoms with van der Waals surface area (Å²) < 4.78 is 56.4. The van der Waals surface area contributed by atoms with Crippen molar-refractivity contribution >= 4 is 39.6 Å². The van der Waals surface area contributed by atoms with Gasteiger partial charge in [0.1, 0.15) is 17.0 Å². The zero-order valence-corrected chi connectivity index (χ0v) is 20.3. The Morgan fingerprint density at radius 2 is 1.97 bits per heavy atom. The Bertz CT molecular complexity index is 1300. The molecule has 2 atom stereocenters. The third kappa shape index (κ3) is 4.97. The Morgan fingerprint density at radius 3 is 2.69 bits per heavy atom. The number of carbonyl (C=O) groups excluding carboxylic acids is 1. The number of halogens is 4. The maximum atomic E-state index is 14.4. The van der Waals surface area contributed by atoms with Crippen LogP contribution in [-0.4, -0.2) is 49.6 Å². The summed E-state index contributed by atoms with van der Waals surface area (Å²) in [6.07, 6.45) is -1.32. The number of carbonyl (C=O) groups is 1. The second-order valence-electron chi connectivity index (χ2n) is 8.92. The van der Waals surface area contributed by atoms with Crippen molar-refractivity contribution < 1.29 is 22.4 Å². The van der Waals surface area contributed by atoms with Crippen LogP contribution in [0.1, 0.15) is 36.8 Å². The van der Waals surface area contributed by atoms with Crippen LogP contribution in [-0.2, 0) is 12.5 Å². The van der Waals surface area contributed by atoms with Crippen molar-refractivity contribution in [3.63, 3.8) is 0 Å². The number of amidine groups is 1. The van der Waals surface area contributed by atoms with Gasteiger partial charge in [0.25, 0.3) is 5.91 Å². The standard InChI is InChI=1S/C23H24F4N6OS/c1-12(31-20(34)16-8-18-17(9-28-16)30-11-33(18)4)19-10-29-21(35-19)32-15-7-13(5-6-14(15)24)22(2,3)23(25,26)27/h5-9,11-12,19H,10H2,1-4H3,(H,29,32)(H,31,34). The van der Waals surface area contributed by atoms with E-state index in [1.807, 2.05) is 14.0 Å². The predicted molar refractivity (Wildman–Crippen MR) is 128 cm³/mol. The summed E-state index contributed by atoms with van der Waals surface area (Å²) in [6, 6.07) is 4.66. The molecule has 1 amide bonds. The van der Waals surface area contributed by atoms with Gasteiger partial charge in [-0.2, -0.15) is 13.2 Å². The minimum absolute atomic E-state index is 0.0624. The fraction of sp³-hybridized carbons (Fsp3) is 0.391. The molecule has 7 nitrogen and oxygen atoms in total. The van der Waals surface area contributed by atoms with Crippen LogP contribution in [0.3, 0.4) is 0 Å². The van der Waals surface area contributed by atoms with E-state index in [-0.39, 0.29) is 34.1 Å². The number of hydrogen-bond donors (Lipinski definition) is 2. The van der Waals surface area contributed by atoms with Gasteiger partial charge in [-0.05, 0) is 44.5 Å². The van der Waals surface area contributed by atoms with E-state index in [0.29, 0.717) is 17.2 Å². The summed E-state index contributed by atoms with van der Waals surface area (Å²) in [5.74, 6) is -1.04. The van der Waals surface area contributed by atoms with Gasteiger partial charge in [0.2, 0.25) is 0 Å². The van der Waals surface area contributed by atoms with E-state index in [0.717, 1.165) is 37.6 Å². The van der Waals surface area contributed by atoms with Crippen LogP contribution in [0.5, 0.6) is 0 Å². The maximum Gasteiger partial charge on any atom is 0.397 e. The summed E-state index contributed by atoms with van der Waals surface area (Å²) in [5.41, 5.74) is -0.579. The molecule has 0 saturated heterocycles. The molecule has 35 heavy (non-hydrogen) atoms. The molecular weight excluding hydrogens is 484 g/mol. The van der Waals surface area contributed by atoms with Crippen LogP contribution >= 0.6 is 11.8 Å². The van der Waals surface area contributed by atoms with Crippen LogP contribution in [0.25, 0.3) is 11.0 Å². The molecule has 186 valence electrons. The van der Waals surface area contributed by atoms with E-state index < -0.39 is 17.4 Å². The van der Waals surface area contributed by atoms with Crippen molar-refractivity contribution in [2.75, 3.05) is 11.9 Å². The minimum atomic E-state index is -4.49. The Morgan fingerprint density at radius 1 is 1.23 bits per heavy atom. The first kappa shape index (κ1) is 25.0. The largest absolute Gasteiger partial charge is 0.397 e. The highest BCUT2D eigenvalue weighted by molar-refractivity contribution is 8.15. The number of amides is 1. The number of anilines is 1. The van der Waals surface area contributed by atoms with Gasteiger partial charge in [0, 0.05) is 13.1 Å². The molecule has 0 spiro atoms. The average molecular weight is 509 g/mol. The predicted octanol–water partition coefficient (Wildman–Crippen LogP) is 4.65. The third-order valence-electron chi connectivity index (χ3n) is 6.08. The molecule has 0 saturated carbocycles. The Kier molecular flexibility index (Phi) is 6.52. The van der Waals surface area contributed by atoms with Crippen molar-refractivity contribution in [3.05, 3.63) is 53.9 Å². The first-order valence-electron chi connectivity index (χ1n) is 10.8. The number of rotatable bonds is 5. The van der Waals surface area contributed by atoms with Crippen molar-refractivity contribution in [1.29, 1.82) is 0 Å². The maximum absolute atomic E-state index is 14.4. The molecule has 2 aromatic heterocycles. The van der Waals surface area contributed by atoms with E-state index in [2.05, 4.69) is 25.6 Å². The topological polar surface area (TPSA) is 84.2 Å². The lowest BCUT2D eigenvalue weighted by Gasteiger charge is -2.28. The third-order valence-corrected chi connectivity index (χ3v) is 7.39. The van der Waals surface area contributed by atoms with Crippen LogP contribution in [0.2, 0.25) is 0 Å². The molecule has 0 aliphatic carbocycles. The zero-order valence-electron chi connectivity index (χ0n) is 19.4. The first-order chi connectivity index (χ1) is 16.4. The number of fused-ring (bicyclic) bond motifs is 1. The number of nitrogens with one attached hydrogen (secondary N) is 2. The van der Waals surface area contributed by atoms with Gasteiger partial charge in [-0.1, -0.05) is 17.8 Å². The molecule has 2 unspecified atom stereocenters. The molecule has 0 radical (unpaired) electrons. The van der Waals surface area contributed by atoms with Crippen LogP contribution in [0.4, 0.5) is 23.2 Å². The lowest BCUT2D eigenvalue weighted by atomic mass is 9.83. The summed E-state index contributed by atoms with van der Waals surface area (Å²) in [7, 11) is 1.82. The Labute approximate surface area is 203 Å². The highest BCUT2D eigenvalue weighted by Crippen LogP contribution is 2.41. The molecule has 1 aromatic carbocycles. The van der Waals surface area contributed by atoms with Crippen LogP contribution < -0.4 is 10.6 Å². The van der Waals surface area contributed by atoms with E-state index in [9.17, 15) is 22.4 Å². The zero-order chi connectivity index (χ0) is 25.5. The quantitative estimate of drug-likeness (QED) is 0.491. The van der Waals surface area contributed by atoms with E-state index in [4.69, 9.17) is 0 Å². The molecular formula is C23H24F4N6OS. The Hall–Kier alpha value is -3.15. The molecule has 4 rings (SSSR count). The number of alkyl halides is 3. The number of aryl methyl sites for hydroxylation is 1. The molecule has 2 N–H and O–H groups in total. The van der Waals surface area contributed by atoms with Gasteiger partial charge in [-0.3, -0.25) is 9.79 Å². The molecule has 1 aliphatic rings. The van der Waals surface area contributed by atoms with Crippen molar-refractivity contribution in [2.45, 2.75) is 43.7 Å². The van der Waals surface area contributed by atoms with E-state index in [1.165, 1.54) is 18.0 Å². The number of imidazole rings is 1. The number of aromatic nitrogens is 3. The summed E-state index contributed by atoms with van der Waals surface area (Å²) in [5, 5.41) is 5.92. The molecule has 3 aromatic rings. The highest BCUT2D eigenvalue weighted by Gasteiger charge is 2.48. The smallest absolute Gasteiger partial charge is 0.347 e. The van der Waals surface area contributed by atoms with Crippen molar-refractivity contribution in [2.24, 2.45) is 12.0 Å².